The first-order chi connectivity index (χ1) is 15.9. The maximum Gasteiger partial charge on any atom is 0.261 e. The average Bonchev–Trinajstić information content (AvgIpc) is 3.18. The van der Waals surface area contributed by atoms with E-state index in [0.29, 0.717) is 17.8 Å². The molecule has 0 spiro atoms. The second-order valence-corrected chi connectivity index (χ2v) is 10.3. The van der Waals surface area contributed by atoms with Gasteiger partial charge in [-0.1, -0.05) is 33.2 Å². The van der Waals surface area contributed by atoms with E-state index >= 15 is 0 Å². The van der Waals surface area contributed by atoms with Gasteiger partial charge in [-0.2, -0.15) is 0 Å². The van der Waals surface area contributed by atoms with E-state index in [0.717, 1.165) is 46.9 Å². The summed E-state index contributed by atoms with van der Waals surface area (Å²) in [5.41, 5.74) is 2.82. The Morgan fingerprint density at radius 3 is 2.64 bits per heavy atom. The van der Waals surface area contributed by atoms with Crippen molar-refractivity contribution in [1.29, 1.82) is 0 Å². The Hall–Kier alpha value is -2.75. The third kappa shape index (κ3) is 6.19. The van der Waals surface area contributed by atoms with Gasteiger partial charge >= 0.3 is 0 Å². The van der Waals surface area contributed by atoms with Gasteiger partial charge in [-0.15, -0.1) is 0 Å². The zero-order valence-electron chi connectivity index (χ0n) is 17.7. The molecule has 0 unspecified atom stereocenters. The summed E-state index contributed by atoms with van der Waals surface area (Å²) >= 11 is 3.31. The van der Waals surface area contributed by atoms with Crippen molar-refractivity contribution in [2.45, 2.75) is 30.7 Å². The monoisotopic (exact) mass is 531 g/mol. The summed E-state index contributed by atoms with van der Waals surface area (Å²) in [6, 6.07) is 18.3. The Morgan fingerprint density at radius 1 is 1.00 bits per heavy atom. The molecule has 6 nitrogen and oxygen atoms in total. The average molecular weight is 532 g/mol. The van der Waals surface area contributed by atoms with Gasteiger partial charge in [0, 0.05) is 28.2 Å². The van der Waals surface area contributed by atoms with E-state index in [1.54, 1.807) is 36.4 Å². The number of hydrogen-bond acceptors (Lipinski definition) is 5. The minimum atomic E-state index is -3.64. The molecular formula is C24H23BrFN3O3S. The van der Waals surface area contributed by atoms with E-state index < -0.39 is 10.0 Å². The lowest BCUT2D eigenvalue weighted by atomic mass is 10.1. The summed E-state index contributed by atoms with van der Waals surface area (Å²) < 4.78 is 47.0. The molecule has 0 atom stereocenters. The van der Waals surface area contributed by atoms with E-state index in [-0.39, 0.29) is 10.7 Å². The molecule has 1 aromatic heterocycles. The van der Waals surface area contributed by atoms with Crippen molar-refractivity contribution in [3.05, 3.63) is 88.3 Å². The van der Waals surface area contributed by atoms with Gasteiger partial charge in [0.15, 0.2) is 5.58 Å². The summed E-state index contributed by atoms with van der Waals surface area (Å²) in [7, 11) is -3.64. The second-order valence-electron chi connectivity index (χ2n) is 7.66. The lowest BCUT2D eigenvalue weighted by Crippen LogP contribution is -2.16. The van der Waals surface area contributed by atoms with Gasteiger partial charge in [-0.25, -0.2) is 12.8 Å². The van der Waals surface area contributed by atoms with Crippen molar-refractivity contribution in [2.75, 3.05) is 11.3 Å². The SMILES string of the molecule is O=S(=O)(Nc1cccc(CNCCCCc2noc3cc(F)ccc23)c1)c1ccc(Br)cc1. The molecule has 33 heavy (non-hydrogen) atoms. The van der Waals surface area contributed by atoms with E-state index in [1.807, 2.05) is 18.2 Å². The fourth-order valence-corrected chi connectivity index (χ4v) is 4.81. The lowest BCUT2D eigenvalue weighted by Gasteiger charge is -2.10. The van der Waals surface area contributed by atoms with Gasteiger partial charge in [-0.05, 0) is 79.9 Å². The van der Waals surface area contributed by atoms with Crippen LogP contribution in [-0.2, 0) is 23.0 Å². The van der Waals surface area contributed by atoms with Crippen LogP contribution in [0.5, 0.6) is 0 Å². The minimum absolute atomic E-state index is 0.208. The molecule has 0 radical (unpaired) electrons. The molecule has 0 saturated heterocycles. The number of aromatic nitrogens is 1. The summed E-state index contributed by atoms with van der Waals surface area (Å²) in [4.78, 5) is 0.208. The van der Waals surface area contributed by atoms with Crippen LogP contribution in [0.1, 0.15) is 24.1 Å². The predicted molar refractivity (Wildman–Crippen MR) is 130 cm³/mol. The van der Waals surface area contributed by atoms with Crippen LogP contribution in [0.25, 0.3) is 11.0 Å². The molecule has 4 rings (SSSR count). The van der Waals surface area contributed by atoms with Crippen LogP contribution in [0.2, 0.25) is 0 Å². The highest BCUT2D eigenvalue weighted by molar-refractivity contribution is 9.10. The van der Waals surface area contributed by atoms with Gasteiger partial charge in [0.1, 0.15) is 5.82 Å². The summed E-state index contributed by atoms with van der Waals surface area (Å²) in [6.07, 6.45) is 2.61. The highest BCUT2D eigenvalue weighted by Gasteiger charge is 2.14. The number of sulfonamides is 1. The number of unbranched alkanes of at least 4 members (excludes halogenated alkanes) is 1. The zero-order chi connectivity index (χ0) is 23.3. The predicted octanol–water partition coefficient (Wildman–Crippen LogP) is 5.64. The standard InChI is InChI=1S/C24H23BrFN3O3S/c25-18-7-10-21(11-8-18)33(30,31)29-20-5-3-4-17(14-20)16-27-13-2-1-6-23-22-12-9-19(26)15-24(22)32-28-23/h3-5,7-12,14-15,27,29H,1-2,6,13,16H2. The number of anilines is 1. The van der Waals surface area contributed by atoms with E-state index in [4.69, 9.17) is 4.52 Å². The number of halogens is 2. The molecule has 0 aliphatic carbocycles. The van der Waals surface area contributed by atoms with Crippen LogP contribution in [0, 0.1) is 5.82 Å². The Labute approximate surface area is 200 Å². The van der Waals surface area contributed by atoms with Gasteiger partial charge in [0.05, 0.1) is 10.6 Å². The number of rotatable bonds is 10. The summed E-state index contributed by atoms with van der Waals surface area (Å²) in [5.74, 6) is -0.334. The van der Waals surface area contributed by atoms with Crippen LogP contribution in [0.15, 0.2) is 80.6 Å². The molecular weight excluding hydrogens is 509 g/mol. The minimum Gasteiger partial charge on any atom is -0.356 e. The summed E-state index contributed by atoms with van der Waals surface area (Å²) in [5, 5.41) is 8.28. The Balaban J connectivity index is 1.24. The highest BCUT2D eigenvalue weighted by Crippen LogP contribution is 2.21. The van der Waals surface area contributed by atoms with Crippen molar-refractivity contribution in [3.8, 4) is 0 Å². The van der Waals surface area contributed by atoms with Gasteiger partial charge in [0.2, 0.25) is 0 Å². The van der Waals surface area contributed by atoms with Crippen LogP contribution in [0.3, 0.4) is 0 Å². The molecule has 172 valence electrons. The van der Waals surface area contributed by atoms with Crippen molar-refractivity contribution >= 4 is 42.6 Å². The third-order valence-corrected chi connectivity index (χ3v) is 7.08. The Kier molecular flexibility index (Phi) is 7.42. The largest absolute Gasteiger partial charge is 0.356 e. The molecule has 0 amide bonds. The number of nitrogens with one attached hydrogen (secondary N) is 2. The molecule has 0 bridgehead atoms. The van der Waals surface area contributed by atoms with Crippen molar-refractivity contribution in [2.24, 2.45) is 0 Å². The van der Waals surface area contributed by atoms with Crippen LogP contribution in [0.4, 0.5) is 10.1 Å². The van der Waals surface area contributed by atoms with Crippen molar-refractivity contribution in [1.82, 2.24) is 10.5 Å². The van der Waals surface area contributed by atoms with Gasteiger partial charge in [0.25, 0.3) is 10.0 Å². The molecule has 0 fully saturated rings. The maximum absolute atomic E-state index is 13.2. The van der Waals surface area contributed by atoms with Crippen molar-refractivity contribution in [3.63, 3.8) is 0 Å². The fourth-order valence-electron chi connectivity index (χ4n) is 3.49. The molecule has 0 aliphatic heterocycles. The van der Waals surface area contributed by atoms with Crippen molar-refractivity contribution < 1.29 is 17.3 Å². The molecule has 0 saturated carbocycles. The zero-order valence-corrected chi connectivity index (χ0v) is 20.1. The number of hydrogen-bond donors (Lipinski definition) is 2. The van der Waals surface area contributed by atoms with Gasteiger partial charge in [-0.3, -0.25) is 4.72 Å². The quantitative estimate of drug-likeness (QED) is 0.258. The molecule has 3 aromatic carbocycles. The first-order valence-electron chi connectivity index (χ1n) is 10.5. The number of fused-ring (bicyclic) bond motifs is 1. The number of benzene rings is 3. The molecule has 0 aliphatic rings. The fraction of sp³-hybridized carbons (Fsp3) is 0.208. The second kappa shape index (κ2) is 10.5. The van der Waals surface area contributed by atoms with E-state index in [1.165, 1.54) is 12.1 Å². The number of aryl methyl sites for hydroxylation is 1. The smallest absolute Gasteiger partial charge is 0.261 e. The van der Waals surface area contributed by atoms with E-state index in [9.17, 15) is 12.8 Å². The normalized spacial score (nSPS) is 11.7. The summed E-state index contributed by atoms with van der Waals surface area (Å²) in [6.45, 7) is 1.43. The third-order valence-electron chi connectivity index (χ3n) is 5.16. The molecule has 4 aromatic rings. The van der Waals surface area contributed by atoms with Gasteiger partial charge < -0.3 is 9.84 Å². The lowest BCUT2D eigenvalue weighted by molar-refractivity contribution is 0.442. The number of nitrogens with zero attached hydrogens (tertiary/aromatic N) is 1. The molecule has 1 heterocycles. The topological polar surface area (TPSA) is 84.2 Å². The van der Waals surface area contributed by atoms with Crippen LogP contribution >= 0.6 is 15.9 Å². The Morgan fingerprint density at radius 2 is 1.82 bits per heavy atom. The molecule has 2 N–H and O–H groups in total. The first kappa shape index (κ1) is 23.4. The molecule has 9 heteroatoms. The Bertz CT molecular complexity index is 1340. The first-order valence-corrected chi connectivity index (χ1v) is 12.8. The highest BCUT2D eigenvalue weighted by atomic mass is 79.9. The van der Waals surface area contributed by atoms with Crippen LogP contribution < -0.4 is 10.0 Å². The van der Waals surface area contributed by atoms with Crippen LogP contribution in [-0.4, -0.2) is 20.1 Å². The maximum atomic E-state index is 13.2. The van der Waals surface area contributed by atoms with E-state index in [2.05, 4.69) is 31.1 Å².